The van der Waals surface area contributed by atoms with Crippen molar-refractivity contribution >= 4 is 29.4 Å². The van der Waals surface area contributed by atoms with Gasteiger partial charge in [0.25, 0.3) is 0 Å². The monoisotopic (exact) mass is 366 g/mol. The van der Waals surface area contributed by atoms with Gasteiger partial charge in [0.2, 0.25) is 0 Å². The lowest BCUT2D eigenvalue weighted by molar-refractivity contribution is -0.0356. The molecule has 0 saturated carbocycles. The van der Waals surface area contributed by atoms with Gasteiger partial charge in [-0.2, -0.15) is 13.2 Å². The van der Waals surface area contributed by atoms with Crippen molar-refractivity contribution in [3.8, 4) is 0 Å². The van der Waals surface area contributed by atoms with Gasteiger partial charge in [-0.05, 0) is 63.3 Å². The van der Waals surface area contributed by atoms with Crippen LogP contribution < -0.4 is 0 Å². The van der Waals surface area contributed by atoms with Gasteiger partial charge in [0, 0.05) is 4.90 Å². The number of allylic oxidation sites excluding steroid dienone is 1. The highest BCUT2D eigenvalue weighted by atomic mass is 79.9. The molecule has 0 radical (unpaired) electrons. The van der Waals surface area contributed by atoms with Crippen molar-refractivity contribution in [1.29, 1.82) is 0 Å². The van der Waals surface area contributed by atoms with E-state index in [1.54, 1.807) is 12.1 Å². The van der Waals surface area contributed by atoms with Crippen LogP contribution >= 0.6 is 23.3 Å². The first-order valence-electron chi connectivity index (χ1n) is 6.54. The summed E-state index contributed by atoms with van der Waals surface area (Å²) in [6.45, 7) is 7.62. The smallest absolute Gasteiger partial charge is 0.160 e. The van der Waals surface area contributed by atoms with Crippen LogP contribution in [0.4, 0.5) is 13.2 Å². The molecule has 112 valence electrons. The predicted molar refractivity (Wildman–Crippen MR) is 84.2 cm³/mol. The molecule has 20 heavy (non-hydrogen) atoms. The first-order valence-corrected chi connectivity index (χ1v) is 10.0. The first-order chi connectivity index (χ1) is 9.09. The second-order valence-corrected chi connectivity index (χ2v) is 11.0. The van der Waals surface area contributed by atoms with E-state index in [4.69, 9.17) is 0 Å². The van der Waals surface area contributed by atoms with E-state index < -0.39 is 14.0 Å². The van der Waals surface area contributed by atoms with Crippen LogP contribution in [-0.2, 0) is 0 Å². The van der Waals surface area contributed by atoms with Gasteiger partial charge in [-0.25, -0.2) is 0 Å². The lowest BCUT2D eigenvalue weighted by Gasteiger charge is -2.37. The van der Waals surface area contributed by atoms with Crippen LogP contribution in [0, 0.1) is 5.92 Å². The quantitative estimate of drug-likeness (QED) is 0.538. The van der Waals surface area contributed by atoms with Crippen molar-refractivity contribution in [2.75, 3.05) is 0 Å². The SMILES string of the molecule is CC(C)C1=Cc2ccc(C(C)C)cc2S1(Br)C(F)(F)F. The van der Waals surface area contributed by atoms with Crippen molar-refractivity contribution < 1.29 is 13.2 Å². The van der Waals surface area contributed by atoms with Gasteiger partial charge in [-0.3, -0.25) is 0 Å². The summed E-state index contributed by atoms with van der Waals surface area (Å²) in [6.07, 6.45) is 1.71. The molecule has 0 amide bonds. The van der Waals surface area contributed by atoms with E-state index in [0.29, 0.717) is 15.4 Å². The third-order valence-corrected chi connectivity index (χ3v) is 9.62. The molecule has 1 aromatic rings. The highest BCUT2D eigenvalue weighted by Gasteiger charge is 2.55. The fourth-order valence-electron chi connectivity index (χ4n) is 2.38. The average molecular weight is 367 g/mol. The van der Waals surface area contributed by atoms with Crippen LogP contribution in [0.3, 0.4) is 0 Å². The van der Waals surface area contributed by atoms with Crippen molar-refractivity contribution in [3.05, 3.63) is 34.2 Å². The standard InChI is InChI=1S/C15H18BrF3S/c1-9(2)11-5-6-12-8-13(10(3)4)20(16,14(12)7-11)15(17,18)19/h5-10H,1-4H3. The lowest BCUT2D eigenvalue weighted by Crippen LogP contribution is -2.18. The van der Waals surface area contributed by atoms with Crippen molar-refractivity contribution in [3.63, 3.8) is 0 Å². The summed E-state index contributed by atoms with van der Waals surface area (Å²) >= 11 is 3.11. The fraction of sp³-hybridized carbons (Fsp3) is 0.467. The minimum Gasteiger partial charge on any atom is -0.160 e. The van der Waals surface area contributed by atoms with E-state index in [2.05, 4.69) is 14.8 Å². The molecule has 1 aliphatic rings. The Balaban J connectivity index is 2.67. The predicted octanol–water partition coefficient (Wildman–Crippen LogP) is 6.81. The van der Waals surface area contributed by atoms with Gasteiger partial charge in [-0.15, -0.1) is 0 Å². The Kier molecular flexibility index (Phi) is 4.06. The van der Waals surface area contributed by atoms with Gasteiger partial charge < -0.3 is 0 Å². The first kappa shape index (κ1) is 16.0. The Hall–Kier alpha value is -0.420. The van der Waals surface area contributed by atoms with Crippen molar-refractivity contribution in [2.24, 2.45) is 5.92 Å². The van der Waals surface area contributed by atoms with E-state index in [1.165, 1.54) is 0 Å². The maximum Gasteiger partial charge on any atom is 0.442 e. The normalized spacial score (nSPS) is 25.6. The fourth-order valence-corrected chi connectivity index (χ4v) is 7.09. The van der Waals surface area contributed by atoms with Gasteiger partial charge in [-0.1, -0.05) is 39.8 Å². The number of fused-ring (bicyclic) bond motifs is 1. The highest BCUT2D eigenvalue weighted by Crippen LogP contribution is 2.82. The molecule has 0 saturated heterocycles. The van der Waals surface area contributed by atoms with Crippen LogP contribution in [0.25, 0.3) is 6.08 Å². The van der Waals surface area contributed by atoms with E-state index in [1.807, 2.05) is 39.8 Å². The molecule has 0 spiro atoms. The summed E-state index contributed by atoms with van der Waals surface area (Å²) in [7, 11) is -3.10. The van der Waals surface area contributed by atoms with E-state index in [-0.39, 0.29) is 11.8 Å². The van der Waals surface area contributed by atoms with E-state index >= 15 is 0 Å². The molecule has 0 aliphatic carbocycles. The molecule has 1 heterocycles. The topological polar surface area (TPSA) is 0 Å². The summed E-state index contributed by atoms with van der Waals surface area (Å²) in [5, 5.41) is 0. The number of benzene rings is 1. The molecule has 0 fully saturated rings. The Morgan fingerprint density at radius 2 is 1.65 bits per heavy atom. The third kappa shape index (κ3) is 2.33. The molecule has 1 aromatic carbocycles. The zero-order valence-electron chi connectivity index (χ0n) is 11.9. The minimum atomic E-state index is -4.27. The van der Waals surface area contributed by atoms with Crippen molar-refractivity contribution in [1.82, 2.24) is 0 Å². The maximum absolute atomic E-state index is 13.7. The maximum atomic E-state index is 13.7. The largest absolute Gasteiger partial charge is 0.442 e. The molecule has 0 N–H and O–H groups in total. The summed E-state index contributed by atoms with van der Waals surface area (Å²) in [4.78, 5) is 0.862. The minimum absolute atomic E-state index is 0.138. The molecule has 0 nitrogen and oxygen atoms in total. The Labute approximate surface area is 127 Å². The van der Waals surface area contributed by atoms with Gasteiger partial charge in [0.05, 0.1) is 0 Å². The number of hydrogen-bond acceptors (Lipinski definition) is 0. The summed E-state index contributed by atoms with van der Waals surface area (Å²) in [6, 6.07) is 5.46. The molecule has 0 aromatic heterocycles. The molecular formula is C15H18BrF3S. The molecule has 2 rings (SSSR count). The number of hydrogen-bond donors (Lipinski definition) is 0. The second kappa shape index (κ2) is 5.09. The average Bonchev–Trinajstić information content (AvgIpc) is 2.63. The van der Waals surface area contributed by atoms with Crippen molar-refractivity contribution in [2.45, 2.75) is 44.0 Å². The Morgan fingerprint density at radius 3 is 2.10 bits per heavy atom. The van der Waals surface area contributed by atoms with E-state index in [9.17, 15) is 13.2 Å². The molecular weight excluding hydrogens is 349 g/mol. The zero-order valence-corrected chi connectivity index (χ0v) is 14.3. The molecule has 1 atom stereocenters. The number of alkyl halides is 3. The van der Waals surface area contributed by atoms with Crippen LogP contribution in [0.2, 0.25) is 0 Å². The second-order valence-electron chi connectivity index (χ2n) is 5.64. The molecule has 5 heteroatoms. The van der Waals surface area contributed by atoms with Gasteiger partial charge >= 0.3 is 5.51 Å². The van der Waals surface area contributed by atoms with E-state index in [0.717, 1.165) is 5.56 Å². The van der Waals surface area contributed by atoms with Crippen LogP contribution in [0.1, 0.15) is 44.7 Å². The highest BCUT2D eigenvalue weighted by molar-refractivity contribution is 9.59. The van der Waals surface area contributed by atoms with Crippen LogP contribution in [0.5, 0.6) is 0 Å². The Morgan fingerprint density at radius 1 is 1.05 bits per heavy atom. The Bertz CT molecular complexity index is 561. The molecule has 0 bridgehead atoms. The van der Waals surface area contributed by atoms with Crippen LogP contribution in [-0.4, -0.2) is 5.51 Å². The molecule has 1 unspecified atom stereocenters. The van der Waals surface area contributed by atoms with Crippen LogP contribution in [0.15, 0.2) is 28.0 Å². The van der Waals surface area contributed by atoms with Gasteiger partial charge in [0.15, 0.2) is 0 Å². The molecule has 1 aliphatic heterocycles. The third-order valence-electron chi connectivity index (χ3n) is 3.52. The lowest BCUT2D eigenvalue weighted by atomic mass is 10.0. The number of halogens is 4. The summed E-state index contributed by atoms with van der Waals surface area (Å²) in [5.41, 5.74) is -2.63. The summed E-state index contributed by atoms with van der Waals surface area (Å²) in [5.74, 6) is 0.0775. The summed E-state index contributed by atoms with van der Waals surface area (Å²) < 4.78 is 41.1. The number of rotatable bonds is 2. The van der Waals surface area contributed by atoms with Gasteiger partial charge in [0.1, 0.15) is 0 Å². The zero-order chi connectivity index (χ0) is 15.3.